The monoisotopic (exact) mass is 256 g/mol. The van der Waals surface area contributed by atoms with Gasteiger partial charge in [-0.1, -0.05) is 0 Å². The van der Waals surface area contributed by atoms with Crippen molar-refractivity contribution in [2.24, 2.45) is 5.73 Å². The Morgan fingerprint density at radius 1 is 1.53 bits per heavy atom. The molecule has 0 saturated carbocycles. The Hall–Kier alpha value is -1.50. The number of H-pyrrole nitrogens is 1. The molecule has 2 amide bonds. The standard InChI is InChI=1S/C10H16N4O2S/c11-8(15)7-17-6-2-10(16)14-3-1-9-12-4-5-13-9/h4-5H,1-3,6-7H2,(H2,11,15)(H,12,13)(H,14,16). The van der Waals surface area contributed by atoms with Crippen LogP contribution >= 0.6 is 11.8 Å². The molecule has 0 spiro atoms. The van der Waals surface area contributed by atoms with Crippen molar-refractivity contribution < 1.29 is 9.59 Å². The molecule has 7 heteroatoms. The molecule has 17 heavy (non-hydrogen) atoms. The van der Waals surface area contributed by atoms with E-state index in [1.54, 1.807) is 12.4 Å². The number of imidazole rings is 1. The molecule has 0 saturated heterocycles. The van der Waals surface area contributed by atoms with Crippen molar-refractivity contribution >= 4 is 23.6 Å². The van der Waals surface area contributed by atoms with Crippen LogP contribution in [0.2, 0.25) is 0 Å². The van der Waals surface area contributed by atoms with Gasteiger partial charge in [-0.15, -0.1) is 0 Å². The second-order valence-corrected chi connectivity index (χ2v) is 4.51. The van der Waals surface area contributed by atoms with Gasteiger partial charge in [0.05, 0.1) is 5.75 Å². The third-order valence-corrected chi connectivity index (χ3v) is 2.94. The molecule has 1 aromatic heterocycles. The second-order valence-electron chi connectivity index (χ2n) is 3.40. The molecule has 94 valence electrons. The maximum absolute atomic E-state index is 11.3. The van der Waals surface area contributed by atoms with Crippen molar-refractivity contribution in [3.8, 4) is 0 Å². The van der Waals surface area contributed by atoms with Gasteiger partial charge in [0, 0.05) is 37.5 Å². The molecule has 0 atom stereocenters. The van der Waals surface area contributed by atoms with Gasteiger partial charge in [0.1, 0.15) is 5.82 Å². The molecule has 0 aromatic carbocycles. The summed E-state index contributed by atoms with van der Waals surface area (Å²) in [4.78, 5) is 28.8. The predicted octanol–water partition coefficient (Wildman–Crippen LogP) is -0.323. The Bertz CT molecular complexity index is 353. The molecule has 4 N–H and O–H groups in total. The third-order valence-electron chi connectivity index (χ3n) is 1.96. The van der Waals surface area contributed by atoms with Gasteiger partial charge in [0.2, 0.25) is 11.8 Å². The van der Waals surface area contributed by atoms with Crippen molar-refractivity contribution in [2.75, 3.05) is 18.1 Å². The summed E-state index contributed by atoms with van der Waals surface area (Å²) in [5, 5.41) is 2.78. The summed E-state index contributed by atoms with van der Waals surface area (Å²) in [6.07, 6.45) is 4.51. The van der Waals surface area contributed by atoms with E-state index in [9.17, 15) is 9.59 Å². The van der Waals surface area contributed by atoms with E-state index in [1.807, 2.05) is 0 Å². The fourth-order valence-electron chi connectivity index (χ4n) is 1.18. The van der Waals surface area contributed by atoms with Gasteiger partial charge in [0.15, 0.2) is 0 Å². The molecule has 6 nitrogen and oxygen atoms in total. The fourth-order valence-corrected chi connectivity index (χ4v) is 1.86. The highest BCUT2D eigenvalue weighted by Crippen LogP contribution is 2.00. The summed E-state index contributed by atoms with van der Waals surface area (Å²) in [6.45, 7) is 0.562. The van der Waals surface area contributed by atoms with Crippen molar-refractivity contribution in [3.63, 3.8) is 0 Å². The lowest BCUT2D eigenvalue weighted by atomic mass is 10.4. The van der Waals surface area contributed by atoms with Crippen LogP contribution in [0, 0.1) is 0 Å². The van der Waals surface area contributed by atoms with E-state index in [2.05, 4.69) is 15.3 Å². The first-order chi connectivity index (χ1) is 8.18. The first kappa shape index (κ1) is 13.6. The average molecular weight is 256 g/mol. The number of primary amides is 1. The van der Waals surface area contributed by atoms with Crippen molar-refractivity contribution in [3.05, 3.63) is 18.2 Å². The van der Waals surface area contributed by atoms with Gasteiger partial charge >= 0.3 is 0 Å². The Kier molecular flexibility index (Phi) is 6.16. The first-order valence-corrected chi connectivity index (χ1v) is 6.45. The molecule has 1 heterocycles. The largest absolute Gasteiger partial charge is 0.369 e. The first-order valence-electron chi connectivity index (χ1n) is 5.29. The molecular formula is C10H16N4O2S. The number of amides is 2. The van der Waals surface area contributed by atoms with Crippen LogP contribution in [0.5, 0.6) is 0 Å². The number of carbonyl (C=O) groups is 2. The number of carbonyl (C=O) groups excluding carboxylic acids is 2. The second kappa shape index (κ2) is 7.72. The van der Waals surface area contributed by atoms with E-state index in [0.717, 1.165) is 5.82 Å². The van der Waals surface area contributed by atoms with Crippen LogP contribution in [0.4, 0.5) is 0 Å². The normalized spacial score (nSPS) is 10.1. The molecule has 0 radical (unpaired) electrons. The molecular weight excluding hydrogens is 240 g/mol. The highest BCUT2D eigenvalue weighted by atomic mass is 32.2. The Balaban J connectivity index is 1.99. The van der Waals surface area contributed by atoms with E-state index in [4.69, 9.17) is 5.73 Å². The summed E-state index contributed by atoms with van der Waals surface area (Å²) in [7, 11) is 0. The lowest BCUT2D eigenvalue weighted by Crippen LogP contribution is -2.26. The Morgan fingerprint density at radius 3 is 3.00 bits per heavy atom. The number of aromatic amines is 1. The van der Waals surface area contributed by atoms with Crippen LogP contribution in [0.25, 0.3) is 0 Å². The maximum atomic E-state index is 11.3. The van der Waals surface area contributed by atoms with Gasteiger partial charge in [-0.05, 0) is 0 Å². The molecule has 0 bridgehead atoms. The smallest absolute Gasteiger partial charge is 0.227 e. The molecule has 1 rings (SSSR count). The fraction of sp³-hybridized carbons (Fsp3) is 0.500. The van der Waals surface area contributed by atoms with Crippen LogP contribution in [-0.2, 0) is 16.0 Å². The Labute approximate surface area is 104 Å². The zero-order valence-electron chi connectivity index (χ0n) is 9.44. The highest BCUT2D eigenvalue weighted by molar-refractivity contribution is 7.99. The summed E-state index contributed by atoms with van der Waals surface area (Å²) in [5.74, 6) is 1.35. The minimum atomic E-state index is -0.353. The van der Waals surface area contributed by atoms with E-state index in [-0.39, 0.29) is 17.6 Å². The van der Waals surface area contributed by atoms with E-state index < -0.39 is 0 Å². The van der Waals surface area contributed by atoms with Gasteiger partial charge in [-0.2, -0.15) is 11.8 Å². The lowest BCUT2D eigenvalue weighted by Gasteiger charge is -2.03. The van der Waals surface area contributed by atoms with Gasteiger partial charge in [0.25, 0.3) is 0 Å². The summed E-state index contributed by atoms with van der Waals surface area (Å²) in [5.41, 5.74) is 4.97. The van der Waals surface area contributed by atoms with Crippen LogP contribution in [0.1, 0.15) is 12.2 Å². The van der Waals surface area contributed by atoms with Crippen LogP contribution < -0.4 is 11.1 Å². The zero-order chi connectivity index (χ0) is 12.5. The number of thioether (sulfide) groups is 1. The van der Waals surface area contributed by atoms with Crippen molar-refractivity contribution in [2.45, 2.75) is 12.8 Å². The molecule has 1 aromatic rings. The SMILES string of the molecule is NC(=O)CSCCC(=O)NCCc1ncc[nH]1. The molecule has 0 aliphatic rings. The number of hydrogen-bond donors (Lipinski definition) is 3. The average Bonchev–Trinajstić information content (AvgIpc) is 2.77. The van der Waals surface area contributed by atoms with Crippen molar-refractivity contribution in [1.82, 2.24) is 15.3 Å². The minimum absolute atomic E-state index is 0.0199. The number of nitrogens with zero attached hydrogens (tertiary/aromatic N) is 1. The van der Waals surface area contributed by atoms with Crippen LogP contribution in [-0.4, -0.2) is 39.8 Å². The zero-order valence-corrected chi connectivity index (χ0v) is 10.3. The molecule has 0 aliphatic carbocycles. The van der Waals surface area contributed by atoms with Gasteiger partial charge in [-0.25, -0.2) is 4.98 Å². The summed E-state index contributed by atoms with van der Waals surface area (Å²) < 4.78 is 0. The number of aromatic nitrogens is 2. The number of nitrogens with one attached hydrogen (secondary N) is 2. The lowest BCUT2D eigenvalue weighted by molar-refractivity contribution is -0.120. The molecule has 0 aliphatic heterocycles. The van der Waals surface area contributed by atoms with Gasteiger partial charge < -0.3 is 16.0 Å². The van der Waals surface area contributed by atoms with Crippen LogP contribution in [0.15, 0.2) is 12.4 Å². The third kappa shape index (κ3) is 6.62. The minimum Gasteiger partial charge on any atom is -0.369 e. The molecule has 0 unspecified atom stereocenters. The maximum Gasteiger partial charge on any atom is 0.227 e. The van der Waals surface area contributed by atoms with E-state index in [1.165, 1.54) is 11.8 Å². The topological polar surface area (TPSA) is 101 Å². The predicted molar refractivity (Wildman–Crippen MR) is 66.4 cm³/mol. The molecule has 0 fully saturated rings. The van der Waals surface area contributed by atoms with E-state index in [0.29, 0.717) is 25.1 Å². The summed E-state index contributed by atoms with van der Waals surface area (Å²) >= 11 is 1.37. The number of rotatable bonds is 8. The quantitative estimate of drug-likeness (QED) is 0.555. The summed E-state index contributed by atoms with van der Waals surface area (Å²) in [6, 6.07) is 0. The van der Waals surface area contributed by atoms with Crippen molar-refractivity contribution in [1.29, 1.82) is 0 Å². The van der Waals surface area contributed by atoms with Gasteiger partial charge in [-0.3, -0.25) is 9.59 Å². The highest BCUT2D eigenvalue weighted by Gasteiger charge is 2.02. The number of nitrogens with two attached hydrogens (primary N) is 1. The van der Waals surface area contributed by atoms with E-state index >= 15 is 0 Å². The van der Waals surface area contributed by atoms with Crippen LogP contribution in [0.3, 0.4) is 0 Å². The number of hydrogen-bond acceptors (Lipinski definition) is 4. The Morgan fingerprint density at radius 2 is 2.35 bits per heavy atom.